The molecule has 0 aromatic carbocycles. The molecule has 0 bridgehead atoms. The van der Waals surface area contributed by atoms with Crippen LogP contribution in [0.3, 0.4) is 0 Å². The maximum atomic E-state index is 13.5. The lowest BCUT2D eigenvalue weighted by molar-refractivity contribution is -0.0733. The summed E-state index contributed by atoms with van der Waals surface area (Å²) in [6.45, 7) is 2.72. The Morgan fingerprint density at radius 1 is 1.08 bits per heavy atom. The van der Waals surface area contributed by atoms with Gasteiger partial charge in [0.15, 0.2) is 0 Å². The third-order valence-electron chi connectivity index (χ3n) is 3.06. The molecule has 1 nitrogen and oxygen atoms in total. The van der Waals surface area contributed by atoms with Crippen LogP contribution in [0.2, 0.25) is 0 Å². The summed E-state index contributed by atoms with van der Waals surface area (Å²) in [5, 5.41) is 0. The Morgan fingerprint density at radius 2 is 1.46 bits per heavy atom. The first kappa shape index (κ1) is 10.8. The van der Waals surface area contributed by atoms with Crippen LogP contribution in [0.5, 0.6) is 0 Å². The zero-order valence-electron chi connectivity index (χ0n) is 8.04. The second-order valence-electron chi connectivity index (χ2n) is 4.48. The number of nitrogens with two attached hydrogens (primary N) is 1. The predicted molar refractivity (Wildman–Crippen MR) is 45.5 cm³/mol. The lowest BCUT2D eigenvalue weighted by Crippen LogP contribution is -2.58. The molecule has 0 spiro atoms. The van der Waals surface area contributed by atoms with E-state index in [1.54, 1.807) is 0 Å². The van der Waals surface area contributed by atoms with Crippen molar-refractivity contribution < 1.29 is 13.2 Å². The molecule has 4 heteroatoms. The SMILES string of the molecule is CC(C)(F)C1(N)CCC(F)(F)CC1. The monoisotopic (exact) mass is 195 g/mol. The van der Waals surface area contributed by atoms with E-state index >= 15 is 0 Å². The van der Waals surface area contributed by atoms with Gasteiger partial charge in [0.2, 0.25) is 5.92 Å². The van der Waals surface area contributed by atoms with Crippen molar-refractivity contribution in [3.05, 3.63) is 0 Å². The second kappa shape index (κ2) is 2.87. The molecule has 0 heterocycles. The molecule has 0 atom stereocenters. The van der Waals surface area contributed by atoms with Crippen LogP contribution in [0.4, 0.5) is 13.2 Å². The average molecular weight is 195 g/mol. The minimum Gasteiger partial charge on any atom is -0.322 e. The topological polar surface area (TPSA) is 26.0 Å². The molecule has 1 fully saturated rings. The van der Waals surface area contributed by atoms with Crippen molar-refractivity contribution in [2.45, 2.75) is 56.7 Å². The van der Waals surface area contributed by atoms with E-state index in [0.717, 1.165) is 0 Å². The van der Waals surface area contributed by atoms with Gasteiger partial charge in [-0.05, 0) is 26.7 Å². The van der Waals surface area contributed by atoms with Crippen molar-refractivity contribution >= 4 is 0 Å². The third-order valence-corrected chi connectivity index (χ3v) is 3.06. The van der Waals surface area contributed by atoms with E-state index in [1.807, 2.05) is 0 Å². The van der Waals surface area contributed by atoms with Crippen LogP contribution < -0.4 is 5.73 Å². The summed E-state index contributed by atoms with van der Waals surface area (Å²) in [5.41, 5.74) is 3.09. The van der Waals surface area contributed by atoms with E-state index in [-0.39, 0.29) is 25.7 Å². The molecule has 0 aromatic heterocycles. The Kier molecular flexibility index (Phi) is 2.39. The summed E-state index contributed by atoms with van der Waals surface area (Å²) in [4.78, 5) is 0. The molecular weight excluding hydrogens is 179 g/mol. The lowest BCUT2D eigenvalue weighted by atomic mass is 9.72. The van der Waals surface area contributed by atoms with Gasteiger partial charge in [-0.15, -0.1) is 0 Å². The van der Waals surface area contributed by atoms with Gasteiger partial charge < -0.3 is 5.73 Å². The van der Waals surface area contributed by atoms with Gasteiger partial charge in [0.1, 0.15) is 5.67 Å². The zero-order valence-corrected chi connectivity index (χ0v) is 8.04. The highest BCUT2D eigenvalue weighted by atomic mass is 19.3. The summed E-state index contributed by atoms with van der Waals surface area (Å²) in [6, 6.07) is 0. The molecule has 1 aliphatic carbocycles. The van der Waals surface area contributed by atoms with Crippen LogP contribution in [0, 0.1) is 0 Å². The van der Waals surface area contributed by atoms with Gasteiger partial charge in [-0.3, -0.25) is 0 Å². The fraction of sp³-hybridized carbons (Fsp3) is 1.00. The number of rotatable bonds is 1. The van der Waals surface area contributed by atoms with E-state index in [9.17, 15) is 13.2 Å². The minimum absolute atomic E-state index is 0.0590. The summed E-state index contributed by atoms with van der Waals surface area (Å²) in [6.07, 6.45) is -0.472. The predicted octanol–water partition coefficient (Wildman–Crippen LogP) is 2.64. The normalized spacial score (nSPS) is 27.2. The van der Waals surface area contributed by atoms with Crippen molar-refractivity contribution in [2.24, 2.45) is 5.73 Å². The van der Waals surface area contributed by atoms with E-state index in [0.29, 0.717) is 0 Å². The molecule has 1 rings (SSSR count). The molecule has 0 aliphatic heterocycles. The number of halogens is 3. The Balaban J connectivity index is 2.68. The summed E-state index contributed by atoms with van der Waals surface area (Å²) in [5.74, 6) is -2.64. The van der Waals surface area contributed by atoms with Gasteiger partial charge in [0, 0.05) is 18.4 Å². The first-order valence-electron chi connectivity index (χ1n) is 4.52. The Hall–Kier alpha value is -0.250. The molecule has 0 saturated heterocycles. The number of hydrogen-bond donors (Lipinski definition) is 1. The van der Waals surface area contributed by atoms with Crippen molar-refractivity contribution in [1.82, 2.24) is 0 Å². The van der Waals surface area contributed by atoms with Crippen molar-refractivity contribution in [2.75, 3.05) is 0 Å². The molecule has 2 N–H and O–H groups in total. The second-order valence-corrected chi connectivity index (χ2v) is 4.48. The van der Waals surface area contributed by atoms with Gasteiger partial charge in [0.05, 0.1) is 0 Å². The summed E-state index contributed by atoms with van der Waals surface area (Å²) < 4.78 is 39.1. The van der Waals surface area contributed by atoms with Crippen LogP contribution >= 0.6 is 0 Å². The largest absolute Gasteiger partial charge is 0.322 e. The molecule has 1 aliphatic rings. The molecular formula is C9H16F3N. The lowest BCUT2D eigenvalue weighted by Gasteiger charge is -2.43. The first-order valence-corrected chi connectivity index (χ1v) is 4.52. The van der Waals surface area contributed by atoms with Gasteiger partial charge in [-0.2, -0.15) is 0 Å². The van der Waals surface area contributed by atoms with E-state index in [4.69, 9.17) is 5.73 Å². The molecule has 0 aromatic rings. The van der Waals surface area contributed by atoms with Gasteiger partial charge in [0.25, 0.3) is 0 Å². The average Bonchev–Trinajstić information content (AvgIpc) is 1.94. The van der Waals surface area contributed by atoms with Crippen LogP contribution in [0.25, 0.3) is 0 Å². The highest BCUT2D eigenvalue weighted by Gasteiger charge is 2.49. The van der Waals surface area contributed by atoms with Crippen molar-refractivity contribution in [3.63, 3.8) is 0 Å². The van der Waals surface area contributed by atoms with Gasteiger partial charge >= 0.3 is 0 Å². The van der Waals surface area contributed by atoms with E-state index < -0.39 is 17.1 Å². The zero-order chi connectivity index (χ0) is 10.3. The van der Waals surface area contributed by atoms with E-state index in [1.165, 1.54) is 13.8 Å². The molecule has 78 valence electrons. The molecule has 1 saturated carbocycles. The first-order chi connectivity index (χ1) is 5.66. The van der Waals surface area contributed by atoms with Crippen molar-refractivity contribution in [3.8, 4) is 0 Å². The number of alkyl halides is 3. The smallest absolute Gasteiger partial charge is 0.248 e. The van der Waals surface area contributed by atoms with Crippen LogP contribution in [-0.4, -0.2) is 17.1 Å². The quantitative estimate of drug-likeness (QED) is 0.683. The van der Waals surface area contributed by atoms with Crippen LogP contribution in [0.15, 0.2) is 0 Å². The Morgan fingerprint density at radius 3 is 1.77 bits per heavy atom. The van der Waals surface area contributed by atoms with Crippen molar-refractivity contribution in [1.29, 1.82) is 0 Å². The highest BCUT2D eigenvalue weighted by Crippen LogP contribution is 2.43. The molecule has 0 amide bonds. The van der Waals surface area contributed by atoms with Crippen LogP contribution in [0.1, 0.15) is 39.5 Å². The van der Waals surface area contributed by atoms with Gasteiger partial charge in [-0.1, -0.05) is 0 Å². The van der Waals surface area contributed by atoms with E-state index in [2.05, 4.69) is 0 Å². The fourth-order valence-electron chi connectivity index (χ4n) is 1.66. The fourth-order valence-corrected chi connectivity index (χ4v) is 1.66. The summed E-state index contributed by atoms with van der Waals surface area (Å²) >= 11 is 0. The van der Waals surface area contributed by atoms with Crippen LogP contribution in [-0.2, 0) is 0 Å². The van der Waals surface area contributed by atoms with Gasteiger partial charge in [-0.25, -0.2) is 13.2 Å². The third kappa shape index (κ3) is 2.16. The molecule has 0 unspecified atom stereocenters. The summed E-state index contributed by atoms with van der Waals surface area (Å²) in [7, 11) is 0. The highest BCUT2D eigenvalue weighted by molar-refractivity contribution is 5.02. The molecule has 13 heavy (non-hydrogen) atoms. The maximum Gasteiger partial charge on any atom is 0.248 e. The minimum atomic E-state index is -2.64. The number of hydrogen-bond acceptors (Lipinski definition) is 1. The maximum absolute atomic E-state index is 13.5. The standard InChI is InChI=1S/C9H16F3N/c1-7(2,10)8(13)3-5-9(11,12)6-4-8/h3-6,13H2,1-2H3. The Labute approximate surface area is 76.5 Å². The Bertz CT molecular complexity index is 186. The molecule has 0 radical (unpaired) electrons.